The molecule has 0 atom stereocenters. The largest absolute Gasteiger partial charge is 3.00 e. The molecule has 0 nitrogen and oxygen atoms in total. The summed E-state index contributed by atoms with van der Waals surface area (Å²) in [6, 6.07) is 31.2. The minimum Gasteiger partial charge on any atom is -0.358 e. The van der Waals surface area contributed by atoms with Crippen LogP contribution in [0.1, 0.15) is 12.5 Å². The van der Waals surface area contributed by atoms with Crippen molar-refractivity contribution in [2.45, 2.75) is 13.3 Å². The van der Waals surface area contributed by atoms with Gasteiger partial charge >= 0.3 is 26.2 Å². The van der Waals surface area contributed by atoms with Gasteiger partial charge in [-0.3, -0.25) is 0 Å². The van der Waals surface area contributed by atoms with Crippen LogP contribution in [0.5, 0.6) is 0 Å². The van der Waals surface area contributed by atoms with Gasteiger partial charge in [0.2, 0.25) is 0 Å². The van der Waals surface area contributed by atoms with Crippen molar-refractivity contribution in [2.24, 2.45) is 0 Å². The molecule has 0 N–H and O–H groups in total. The average Bonchev–Trinajstić information content (AvgIpc) is 3.11. The predicted molar refractivity (Wildman–Crippen MR) is 122 cm³/mol. The van der Waals surface area contributed by atoms with Crippen LogP contribution in [0.2, 0.25) is 0 Å². The second-order valence-electron chi connectivity index (χ2n) is 6.75. The van der Waals surface area contributed by atoms with Crippen LogP contribution in [0, 0.1) is 14.9 Å². The van der Waals surface area contributed by atoms with Gasteiger partial charge in [-0.05, 0) is 28.0 Å². The van der Waals surface area contributed by atoms with Crippen molar-refractivity contribution in [3.63, 3.8) is 0 Å². The Bertz CT molecular complexity index is 1190. The van der Waals surface area contributed by atoms with Crippen molar-refractivity contribution in [1.82, 2.24) is 0 Å². The van der Waals surface area contributed by atoms with Crippen molar-refractivity contribution in [2.75, 3.05) is 0 Å². The van der Waals surface area contributed by atoms with E-state index in [-0.39, 0.29) is 41.1 Å². The SMILES string of the molecule is CCc1cc(-c2cc3ccccc3[cH-]2)c2c(ccc3ccccc32)c1.[CH3-].[CH3-].[Zr+3]. The second-order valence-corrected chi connectivity index (χ2v) is 6.75. The summed E-state index contributed by atoms with van der Waals surface area (Å²) in [5, 5.41) is 7.96. The Morgan fingerprint density at radius 3 is 2.14 bits per heavy atom. The number of fused-ring (bicyclic) bond motifs is 4. The van der Waals surface area contributed by atoms with Gasteiger partial charge in [0.1, 0.15) is 0 Å². The summed E-state index contributed by atoms with van der Waals surface area (Å²) in [6.45, 7) is 2.23. The summed E-state index contributed by atoms with van der Waals surface area (Å²) in [5.41, 5.74) is 4.06. The molecule has 0 saturated carbocycles. The van der Waals surface area contributed by atoms with E-state index in [4.69, 9.17) is 0 Å². The van der Waals surface area contributed by atoms with Crippen LogP contribution < -0.4 is 0 Å². The first-order chi connectivity index (χ1) is 12.3. The van der Waals surface area contributed by atoms with E-state index in [1.807, 2.05) is 0 Å². The molecule has 28 heavy (non-hydrogen) atoms. The zero-order valence-corrected chi connectivity index (χ0v) is 19.2. The van der Waals surface area contributed by atoms with Gasteiger partial charge in [-0.1, -0.05) is 84.8 Å². The van der Waals surface area contributed by atoms with Crippen LogP contribution >= 0.6 is 0 Å². The van der Waals surface area contributed by atoms with E-state index < -0.39 is 0 Å². The normalized spacial score (nSPS) is 10.3. The summed E-state index contributed by atoms with van der Waals surface area (Å²) < 4.78 is 0. The number of hydrogen-bond acceptors (Lipinski definition) is 0. The minimum atomic E-state index is 0. The molecule has 0 heterocycles. The Balaban J connectivity index is 0.000000934. The molecule has 0 aliphatic heterocycles. The Hall–Kier alpha value is -2.11. The van der Waals surface area contributed by atoms with Crippen molar-refractivity contribution in [1.29, 1.82) is 0 Å². The predicted octanol–water partition coefficient (Wildman–Crippen LogP) is 7.99. The third-order valence-corrected chi connectivity index (χ3v) is 5.24. The molecule has 0 bridgehead atoms. The topological polar surface area (TPSA) is 0 Å². The standard InChI is InChI=1S/C25H19.2CH3.Zr/c1-2-17-13-21-12-11-18-7-5-6-10-23(18)25(21)24(14-17)22-15-19-8-3-4-9-20(19)16-22;;;/h3-16H,2H2,1H3;2*1H3;/q3*-1;+3. The molecule has 5 aromatic rings. The Morgan fingerprint density at radius 1 is 0.714 bits per heavy atom. The molecule has 5 aromatic carbocycles. The van der Waals surface area contributed by atoms with Crippen LogP contribution in [0.15, 0.2) is 84.9 Å². The Morgan fingerprint density at radius 2 is 1.39 bits per heavy atom. The molecule has 1 heteroatoms. The minimum absolute atomic E-state index is 0. The first kappa shape index (κ1) is 22.2. The monoisotopic (exact) mass is 439 g/mol. The maximum Gasteiger partial charge on any atom is 3.00 e. The van der Waals surface area contributed by atoms with E-state index in [0.717, 1.165) is 6.42 Å². The fourth-order valence-electron chi connectivity index (χ4n) is 3.95. The molecule has 137 valence electrons. The maximum absolute atomic E-state index is 2.38. The van der Waals surface area contributed by atoms with Crippen molar-refractivity contribution < 1.29 is 26.2 Å². The van der Waals surface area contributed by atoms with Crippen molar-refractivity contribution in [3.05, 3.63) is 105 Å². The van der Waals surface area contributed by atoms with E-state index >= 15 is 0 Å². The van der Waals surface area contributed by atoms with Gasteiger partial charge in [-0.15, -0.1) is 34.5 Å². The summed E-state index contributed by atoms with van der Waals surface area (Å²) in [4.78, 5) is 0. The number of rotatable bonds is 2. The van der Waals surface area contributed by atoms with E-state index in [0.29, 0.717) is 0 Å². The van der Waals surface area contributed by atoms with Crippen molar-refractivity contribution >= 4 is 32.3 Å². The number of hydrogen-bond donors (Lipinski definition) is 0. The summed E-state index contributed by atoms with van der Waals surface area (Å²) >= 11 is 0. The molecule has 0 saturated heterocycles. The van der Waals surface area contributed by atoms with E-state index in [9.17, 15) is 0 Å². The summed E-state index contributed by atoms with van der Waals surface area (Å²) in [5.74, 6) is 0. The van der Waals surface area contributed by atoms with Gasteiger partial charge in [-0.25, -0.2) is 0 Å². The quantitative estimate of drug-likeness (QED) is 0.193. The van der Waals surface area contributed by atoms with Gasteiger partial charge in [-0.2, -0.15) is 0 Å². The molecule has 0 spiro atoms. The first-order valence-electron chi connectivity index (χ1n) is 8.94. The second kappa shape index (κ2) is 8.93. The van der Waals surface area contributed by atoms with Gasteiger partial charge in [0, 0.05) is 0 Å². The molecule has 0 amide bonds. The van der Waals surface area contributed by atoms with E-state index in [1.54, 1.807) is 0 Å². The summed E-state index contributed by atoms with van der Waals surface area (Å²) in [6.07, 6.45) is 1.05. The van der Waals surface area contributed by atoms with Crippen LogP contribution in [0.25, 0.3) is 43.4 Å². The van der Waals surface area contributed by atoms with Gasteiger partial charge in [0.05, 0.1) is 0 Å². The van der Waals surface area contributed by atoms with Crippen LogP contribution in [-0.4, -0.2) is 0 Å². The molecular weight excluding hydrogens is 416 g/mol. The number of benzene rings is 4. The smallest absolute Gasteiger partial charge is 0.358 e. The molecule has 0 fully saturated rings. The average molecular weight is 441 g/mol. The van der Waals surface area contributed by atoms with E-state index in [1.165, 1.54) is 49.0 Å². The zero-order valence-electron chi connectivity index (χ0n) is 16.8. The molecule has 0 aliphatic rings. The Labute approximate surface area is 187 Å². The van der Waals surface area contributed by atoms with Crippen LogP contribution in [0.4, 0.5) is 0 Å². The molecule has 0 aromatic heterocycles. The Kier molecular flexibility index (Phi) is 7.08. The van der Waals surface area contributed by atoms with Gasteiger partial charge < -0.3 is 14.9 Å². The molecule has 0 unspecified atom stereocenters. The molecule has 0 aliphatic carbocycles. The summed E-state index contributed by atoms with van der Waals surface area (Å²) in [7, 11) is 0. The van der Waals surface area contributed by atoms with Gasteiger partial charge in [0.25, 0.3) is 0 Å². The fraction of sp³-hybridized carbons (Fsp3) is 0.0741. The molecule has 1 radical (unpaired) electrons. The van der Waals surface area contributed by atoms with Crippen LogP contribution in [0.3, 0.4) is 0 Å². The fourth-order valence-corrected chi connectivity index (χ4v) is 3.95. The van der Waals surface area contributed by atoms with Crippen molar-refractivity contribution in [3.8, 4) is 11.1 Å². The zero-order chi connectivity index (χ0) is 16.8. The molecular formula is C27H25Zr. The number of aryl methyl sites for hydroxylation is 1. The van der Waals surface area contributed by atoms with Crippen LogP contribution in [-0.2, 0) is 32.6 Å². The third-order valence-electron chi connectivity index (χ3n) is 5.24. The third kappa shape index (κ3) is 3.61. The maximum atomic E-state index is 2.38. The molecule has 5 rings (SSSR count). The van der Waals surface area contributed by atoms with E-state index in [2.05, 4.69) is 91.9 Å². The first-order valence-corrected chi connectivity index (χ1v) is 8.94. The van der Waals surface area contributed by atoms with Gasteiger partial charge in [0.15, 0.2) is 0 Å².